The highest BCUT2D eigenvalue weighted by molar-refractivity contribution is 5.75. The smallest absolute Gasteiger partial charge is 0.166 e. The van der Waals surface area contributed by atoms with Crippen molar-refractivity contribution in [3.8, 4) is 23.1 Å². The van der Waals surface area contributed by atoms with Crippen LogP contribution in [0, 0.1) is 32.1 Å². The molecule has 0 amide bonds. The predicted molar refractivity (Wildman–Crippen MR) is 69.5 cm³/mol. The van der Waals surface area contributed by atoms with Crippen LogP contribution in [0.2, 0.25) is 0 Å². The highest BCUT2D eigenvalue weighted by atomic mass is 16.5. The molecule has 2 rings (SSSR count). The lowest BCUT2D eigenvalue weighted by Crippen LogP contribution is -1.94. The van der Waals surface area contributed by atoms with Crippen LogP contribution in [-0.2, 0) is 0 Å². The first-order valence-corrected chi connectivity index (χ1v) is 5.69. The highest BCUT2D eigenvalue weighted by Gasteiger charge is 2.17. The molecule has 0 aliphatic heterocycles. The van der Waals surface area contributed by atoms with Crippen LogP contribution in [0.25, 0.3) is 11.3 Å². The summed E-state index contributed by atoms with van der Waals surface area (Å²) in [7, 11) is 1.63. The maximum Gasteiger partial charge on any atom is 0.166 e. The number of rotatable bonds is 2. The Labute approximate surface area is 106 Å². The number of nitrogens with one attached hydrogen (secondary N) is 1. The van der Waals surface area contributed by atoms with E-state index < -0.39 is 0 Å². The lowest BCUT2D eigenvalue weighted by Gasteiger charge is -2.11. The second kappa shape index (κ2) is 4.53. The summed E-state index contributed by atoms with van der Waals surface area (Å²) < 4.78 is 5.41. The first-order valence-electron chi connectivity index (χ1n) is 5.69. The Bertz CT molecular complexity index is 635. The molecule has 0 unspecified atom stereocenters. The van der Waals surface area contributed by atoms with Gasteiger partial charge in [0, 0.05) is 5.56 Å². The molecule has 18 heavy (non-hydrogen) atoms. The van der Waals surface area contributed by atoms with Crippen LogP contribution in [0.3, 0.4) is 0 Å². The van der Waals surface area contributed by atoms with E-state index in [2.05, 4.69) is 22.1 Å². The number of nitrogens with zero attached hydrogens (tertiary/aromatic N) is 2. The number of aromatic nitrogens is 2. The van der Waals surface area contributed by atoms with Gasteiger partial charge in [0.05, 0.1) is 12.8 Å². The van der Waals surface area contributed by atoms with Crippen LogP contribution in [0.4, 0.5) is 0 Å². The van der Waals surface area contributed by atoms with Gasteiger partial charge in [0.15, 0.2) is 5.69 Å². The summed E-state index contributed by atoms with van der Waals surface area (Å²) in [5.74, 6) is 1.48. The Hall–Kier alpha value is -2.28. The molecule has 1 N–H and O–H groups in total. The lowest BCUT2D eigenvalue weighted by atomic mass is 10.0. The van der Waals surface area contributed by atoms with Crippen molar-refractivity contribution in [2.45, 2.75) is 20.8 Å². The summed E-state index contributed by atoms with van der Waals surface area (Å²) in [5.41, 5.74) is 4.22. The van der Waals surface area contributed by atoms with E-state index in [4.69, 9.17) is 10.00 Å². The van der Waals surface area contributed by atoms with Crippen LogP contribution in [0.15, 0.2) is 12.1 Å². The summed E-state index contributed by atoms with van der Waals surface area (Å²) in [6.45, 7) is 5.85. The van der Waals surface area contributed by atoms with Crippen molar-refractivity contribution >= 4 is 0 Å². The Balaban J connectivity index is 2.74. The molecule has 4 heteroatoms. The van der Waals surface area contributed by atoms with Gasteiger partial charge < -0.3 is 9.72 Å². The second-order valence-corrected chi connectivity index (χ2v) is 4.32. The number of H-pyrrole nitrogens is 1. The van der Waals surface area contributed by atoms with Crippen LogP contribution in [0.1, 0.15) is 22.6 Å². The molecular weight excluding hydrogens is 226 g/mol. The molecule has 1 aromatic heterocycles. The molecule has 0 aliphatic rings. The number of aromatic amines is 1. The fourth-order valence-corrected chi connectivity index (χ4v) is 2.16. The number of nitriles is 1. The molecule has 0 atom stereocenters. The van der Waals surface area contributed by atoms with Gasteiger partial charge in [-0.05, 0) is 38.0 Å². The maximum atomic E-state index is 9.13. The molecule has 0 fully saturated rings. The monoisotopic (exact) mass is 241 g/mol. The Kier molecular flexibility index (Phi) is 3.07. The van der Waals surface area contributed by atoms with Gasteiger partial charge in [-0.2, -0.15) is 5.26 Å². The van der Waals surface area contributed by atoms with Gasteiger partial charge in [-0.3, -0.25) is 0 Å². The molecular formula is C14H15N3O. The third-order valence-corrected chi connectivity index (χ3v) is 2.84. The van der Waals surface area contributed by atoms with E-state index in [1.54, 1.807) is 7.11 Å². The van der Waals surface area contributed by atoms with E-state index >= 15 is 0 Å². The zero-order valence-electron chi connectivity index (χ0n) is 11.0. The van der Waals surface area contributed by atoms with E-state index in [1.165, 1.54) is 0 Å². The number of methoxy groups -OCH3 is 1. The first kappa shape index (κ1) is 12.2. The molecule has 0 bridgehead atoms. The third kappa shape index (κ3) is 1.95. The Morgan fingerprint density at radius 1 is 1.28 bits per heavy atom. The van der Waals surface area contributed by atoms with Crippen molar-refractivity contribution in [2.24, 2.45) is 0 Å². The number of aryl methyl sites for hydroxylation is 3. The fourth-order valence-electron chi connectivity index (χ4n) is 2.16. The molecule has 92 valence electrons. The number of benzene rings is 1. The summed E-state index contributed by atoms with van der Waals surface area (Å²) in [5, 5.41) is 9.13. The minimum Gasteiger partial charge on any atom is -0.496 e. The average molecular weight is 241 g/mol. The minimum atomic E-state index is 0.401. The van der Waals surface area contributed by atoms with Crippen molar-refractivity contribution in [1.29, 1.82) is 5.26 Å². The number of ether oxygens (including phenoxy) is 1. The molecule has 0 spiro atoms. The normalized spacial score (nSPS) is 10.2. The van der Waals surface area contributed by atoms with E-state index in [9.17, 15) is 0 Å². The molecule has 0 aliphatic carbocycles. The average Bonchev–Trinajstić information content (AvgIpc) is 2.68. The minimum absolute atomic E-state index is 0.401. The van der Waals surface area contributed by atoms with Gasteiger partial charge in [0.1, 0.15) is 17.6 Å². The SMILES string of the molecule is COc1cc(C)cc(C)c1-c1[nH]c(C)nc1C#N. The Morgan fingerprint density at radius 3 is 2.61 bits per heavy atom. The van der Waals surface area contributed by atoms with Crippen molar-refractivity contribution in [2.75, 3.05) is 7.11 Å². The van der Waals surface area contributed by atoms with Gasteiger partial charge in [-0.1, -0.05) is 6.07 Å². The van der Waals surface area contributed by atoms with E-state index in [1.807, 2.05) is 26.8 Å². The van der Waals surface area contributed by atoms with Crippen molar-refractivity contribution < 1.29 is 4.74 Å². The molecule has 2 aromatic rings. The summed E-state index contributed by atoms with van der Waals surface area (Å²) in [6, 6.07) is 6.13. The van der Waals surface area contributed by atoms with Gasteiger partial charge in [-0.25, -0.2) is 4.98 Å². The first-order chi connectivity index (χ1) is 8.56. The standard InChI is InChI=1S/C14H15N3O/c1-8-5-9(2)13(12(6-8)18-4)14-11(7-15)16-10(3)17-14/h5-6H,1-4H3,(H,16,17). The summed E-state index contributed by atoms with van der Waals surface area (Å²) in [4.78, 5) is 7.31. The molecule has 1 heterocycles. The van der Waals surface area contributed by atoms with E-state index in [0.29, 0.717) is 5.69 Å². The van der Waals surface area contributed by atoms with Gasteiger partial charge in [0.2, 0.25) is 0 Å². The van der Waals surface area contributed by atoms with Crippen LogP contribution in [-0.4, -0.2) is 17.1 Å². The van der Waals surface area contributed by atoms with Gasteiger partial charge in [-0.15, -0.1) is 0 Å². The third-order valence-electron chi connectivity index (χ3n) is 2.84. The van der Waals surface area contributed by atoms with Crippen molar-refractivity contribution in [3.05, 3.63) is 34.8 Å². The predicted octanol–water partition coefficient (Wildman–Crippen LogP) is 2.88. The molecule has 4 nitrogen and oxygen atoms in total. The number of hydrogen-bond acceptors (Lipinski definition) is 3. The summed E-state index contributed by atoms with van der Waals surface area (Å²) in [6.07, 6.45) is 0. The van der Waals surface area contributed by atoms with E-state index in [0.717, 1.165) is 34.0 Å². The second-order valence-electron chi connectivity index (χ2n) is 4.32. The zero-order chi connectivity index (χ0) is 13.3. The van der Waals surface area contributed by atoms with Crippen molar-refractivity contribution in [1.82, 2.24) is 9.97 Å². The van der Waals surface area contributed by atoms with Crippen molar-refractivity contribution in [3.63, 3.8) is 0 Å². The number of imidazole rings is 1. The highest BCUT2D eigenvalue weighted by Crippen LogP contribution is 2.34. The topological polar surface area (TPSA) is 61.7 Å². The van der Waals surface area contributed by atoms with Crippen LogP contribution >= 0.6 is 0 Å². The zero-order valence-corrected chi connectivity index (χ0v) is 11.0. The van der Waals surface area contributed by atoms with E-state index in [-0.39, 0.29) is 0 Å². The largest absolute Gasteiger partial charge is 0.496 e. The maximum absolute atomic E-state index is 9.13. The Morgan fingerprint density at radius 2 is 2.00 bits per heavy atom. The lowest BCUT2D eigenvalue weighted by molar-refractivity contribution is 0.415. The van der Waals surface area contributed by atoms with Gasteiger partial charge in [0.25, 0.3) is 0 Å². The molecule has 0 radical (unpaired) electrons. The quantitative estimate of drug-likeness (QED) is 0.879. The number of hydrogen-bond donors (Lipinski definition) is 1. The molecule has 0 saturated carbocycles. The molecule has 0 saturated heterocycles. The van der Waals surface area contributed by atoms with Gasteiger partial charge >= 0.3 is 0 Å². The summed E-state index contributed by atoms with van der Waals surface area (Å²) >= 11 is 0. The van der Waals surface area contributed by atoms with Crippen LogP contribution < -0.4 is 4.74 Å². The van der Waals surface area contributed by atoms with Crippen LogP contribution in [0.5, 0.6) is 5.75 Å². The fraction of sp³-hybridized carbons (Fsp3) is 0.286. The molecule has 1 aromatic carbocycles.